The third-order valence-corrected chi connectivity index (χ3v) is 8.60. The van der Waals surface area contributed by atoms with Gasteiger partial charge in [-0.05, 0) is 62.7 Å². The number of carbonyl (C=O) groups is 1. The molecule has 2 aliphatic rings. The van der Waals surface area contributed by atoms with Crippen molar-refractivity contribution < 1.29 is 17.6 Å². The summed E-state index contributed by atoms with van der Waals surface area (Å²) in [5.74, 6) is -0.219. The maximum absolute atomic E-state index is 15.2. The molecular formula is C24H25ClFN5O3S2. The van der Waals surface area contributed by atoms with Crippen LogP contribution in [0.5, 0.6) is 0 Å². The monoisotopic (exact) mass is 549 g/mol. The summed E-state index contributed by atoms with van der Waals surface area (Å²) >= 11 is 7.11. The van der Waals surface area contributed by atoms with E-state index >= 15 is 4.39 Å². The summed E-state index contributed by atoms with van der Waals surface area (Å²) in [5, 5.41) is 1.01. The minimum atomic E-state index is -3.88. The summed E-state index contributed by atoms with van der Waals surface area (Å²) < 4.78 is 44.9. The van der Waals surface area contributed by atoms with Crippen LogP contribution < -0.4 is 9.62 Å². The maximum Gasteiger partial charge on any atom is 0.245 e. The molecule has 0 radical (unpaired) electrons. The van der Waals surface area contributed by atoms with Crippen LogP contribution in [-0.4, -0.2) is 54.5 Å². The Morgan fingerprint density at radius 3 is 2.72 bits per heavy atom. The molecule has 36 heavy (non-hydrogen) atoms. The molecule has 1 unspecified atom stereocenters. The summed E-state index contributed by atoms with van der Waals surface area (Å²) in [5.41, 5.74) is 0.737. The van der Waals surface area contributed by atoms with Gasteiger partial charge in [0.1, 0.15) is 17.7 Å². The molecule has 12 heteroatoms. The van der Waals surface area contributed by atoms with Crippen LogP contribution >= 0.6 is 22.9 Å². The summed E-state index contributed by atoms with van der Waals surface area (Å²) in [6.45, 7) is 2.95. The molecule has 1 N–H and O–H groups in total. The van der Waals surface area contributed by atoms with Crippen LogP contribution in [0.4, 0.5) is 10.1 Å². The van der Waals surface area contributed by atoms with Crippen molar-refractivity contribution in [3.63, 3.8) is 0 Å². The Morgan fingerprint density at radius 1 is 1.19 bits per heavy atom. The number of halogens is 2. The predicted octanol–water partition coefficient (Wildman–Crippen LogP) is 4.02. The fourth-order valence-corrected chi connectivity index (χ4v) is 6.60. The fourth-order valence-electron chi connectivity index (χ4n) is 4.53. The van der Waals surface area contributed by atoms with Gasteiger partial charge in [-0.1, -0.05) is 11.6 Å². The van der Waals surface area contributed by atoms with Gasteiger partial charge in [-0.2, -0.15) is 4.72 Å². The van der Waals surface area contributed by atoms with E-state index in [0.29, 0.717) is 21.4 Å². The Kier molecular flexibility index (Phi) is 7.27. The molecular weight excluding hydrogens is 525 g/mol. The normalized spacial score (nSPS) is 19.2. The van der Waals surface area contributed by atoms with Crippen molar-refractivity contribution in [2.45, 2.75) is 31.8 Å². The Balaban J connectivity index is 1.27. The third kappa shape index (κ3) is 5.55. The first kappa shape index (κ1) is 25.1. The number of likely N-dealkylation sites (tertiary alicyclic amines) is 1. The number of nitrogens with one attached hydrogen (secondary N) is 1. The van der Waals surface area contributed by atoms with Crippen molar-refractivity contribution in [2.75, 3.05) is 24.5 Å². The SMILES string of the molecule is O=C1C(NS(=O)(=O)/C=C/c2ccc(Cl)s2)CCN1c1ccc(-n2ccnc2CN2CCCC2)cc1F. The quantitative estimate of drug-likeness (QED) is 0.458. The molecule has 2 aliphatic heterocycles. The van der Waals surface area contributed by atoms with Crippen molar-refractivity contribution >= 4 is 50.6 Å². The smallest absolute Gasteiger partial charge is 0.245 e. The number of amides is 1. The number of carbonyl (C=O) groups excluding carboxylic acids is 1. The largest absolute Gasteiger partial charge is 0.308 e. The lowest BCUT2D eigenvalue weighted by Gasteiger charge is -2.19. The number of hydrogen-bond donors (Lipinski definition) is 1. The molecule has 190 valence electrons. The van der Waals surface area contributed by atoms with E-state index in [9.17, 15) is 13.2 Å². The van der Waals surface area contributed by atoms with Crippen LogP contribution in [0.15, 0.2) is 48.1 Å². The van der Waals surface area contributed by atoms with Crippen molar-refractivity contribution in [1.82, 2.24) is 19.2 Å². The van der Waals surface area contributed by atoms with Crippen molar-refractivity contribution in [3.05, 3.63) is 69.0 Å². The minimum Gasteiger partial charge on any atom is -0.308 e. The molecule has 5 rings (SSSR count). The number of thiophene rings is 1. The Bertz CT molecular complexity index is 1400. The number of benzene rings is 1. The topological polar surface area (TPSA) is 87.5 Å². The third-order valence-electron chi connectivity index (χ3n) is 6.30. The lowest BCUT2D eigenvalue weighted by atomic mass is 10.2. The highest BCUT2D eigenvalue weighted by molar-refractivity contribution is 7.92. The van der Waals surface area contributed by atoms with Gasteiger partial charge in [0.05, 0.1) is 16.6 Å². The average Bonchev–Trinajstić information content (AvgIpc) is 3.64. The van der Waals surface area contributed by atoms with Gasteiger partial charge in [-0.3, -0.25) is 9.69 Å². The van der Waals surface area contributed by atoms with Gasteiger partial charge in [0.15, 0.2) is 0 Å². The van der Waals surface area contributed by atoms with E-state index in [0.717, 1.165) is 24.3 Å². The summed E-state index contributed by atoms with van der Waals surface area (Å²) in [4.78, 5) is 21.7. The van der Waals surface area contributed by atoms with E-state index in [-0.39, 0.29) is 18.7 Å². The van der Waals surface area contributed by atoms with Gasteiger partial charge in [-0.25, -0.2) is 17.8 Å². The number of hydrogen-bond acceptors (Lipinski definition) is 6. The molecule has 2 saturated heterocycles. The zero-order chi connectivity index (χ0) is 25.3. The lowest BCUT2D eigenvalue weighted by molar-refractivity contribution is -0.118. The van der Waals surface area contributed by atoms with Crippen LogP contribution in [0.3, 0.4) is 0 Å². The molecule has 0 bridgehead atoms. The van der Waals surface area contributed by atoms with E-state index < -0.39 is 27.8 Å². The number of sulfonamides is 1. The van der Waals surface area contributed by atoms with Gasteiger partial charge in [0.2, 0.25) is 15.9 Å². The van der Waals surface area contributed by atoms with E-state index in [1.807, 2.05) is 4.57 Å². The average molecular weight is 550 g/mol. The number of imidazole rings is 1. The number of rotatable bonds is 8. The maximum atomic E-state index is 15.2. The minimum absolute atomic E-state index is 0.121. The Labute approximate surface area is 218 Å². The van der Waals surface area contributed by atoms with Crippen LogP contribution in [0.25, 0.3) is 11.8 Å². The predicted molar refractivity (Wildman–Crippen MR) is 139 cm³/mol. The standard InChI is InChI=1S/C24H25ClFN5O3S2/c25-22-6-4-18(35-22)8-14-36(33,34)28-20-7-12-31(24(20)32)21-5-3-17(15-19(21)26)30-13-9-27-23(30)16-29-10-1-2-11-29/h3-6,8-9,13-15,20,28H,1-2,7,10-12,16H2/b14-8+. The molecule has 1 amide bonds. The molecule has 1 atom stereocenters. The molecule has 3 aromatic rings. The molecule has 1 aromatic carbocycles. The summed E-state index contributed by atoms with van der Waals surface area (Å²) in [6.07, 6.45) is 7.49. The second kappa shape index (κ2) is 10.4. The lowest BCUT2D eigenvalue weighted by Crippen LogP contribution is -2.40. The van der Waals surface area contributed by atoms with E-state index in [1.165, 1.54) is 41.2 Å². The molecule has 2 aromatic heterocycles. The highest BCUT2D eigenvalue weighted by Gasteiger charge is 2.36. The molecule has 0 aliphatic carbocycles. The zero-order valence-corrected chi connectivity index (χ0v) is 21.7. The second-order valence-electron chi connectivity index (χ2n) is 8.77. The highest BCUT2D eigenvalue weighted by atomic mass is 35.5. The van der Waals surface area contributed by atoms with Crippen molar-refractivity contribution in [2.24, 2.45) is 0 Å². The van der Waals surface area contributed by atoms with Crippen LogP contribution in [0.2, 0.25) is 4.34 Å². The molecule has 2 fully saturated rings. The van der Waals surface area contributed by atoms with Gasteiger partial charge in [0.25, 0.3) is 0 Å². The van der Waals surface area contributed by atoms with Gasteiger partial charge >= 0.3 is 0 Å². The first-order valence-electron chi connectivity index (χ1n) is 11.6. The van der Waals surface area contributed by atoms with Crippen molar-refractivity contribution in [1.29, 1.82) is 0 Å². The van der Waals surface area contributed by atoms with Crippen molar-refractivity contribution in [3.8, 4) is 5.69 Å². The first-order chi connectivity index (χ1) is 17.3. The molecule has 4 heterocycles. The molecule has 8 nitrogen and oxygen atoms in total. The first-order valence-corrected chi connectivity index (χ1v) is 14.3. The number of nitrogens with zero attached hydrogens (tertiary/aromatic N) is 4. The van der Waals surface area contributed by atoms with Crippen LogP contribution in [0, 0.1) is 5.82 Å². The van der Waals surface area contributed by atoms with E-state index in [4.69, 9.17) is 11.6 Å². The number of anilines is 1. The van der Waals surface area contributed by atoms with Gasteiger partial charge < -0.3 is 9.47 Å². The zero-order valence-electron chi connectivity index (χ0n) is 19.3. The number of aromatic nitrogens is 2. The van der Waals surface area contributed by atoms with E-state index in [1.54, 1.807) is 36.7 Å². The second-order valence-corrected chi connectivity index (χ2v) is 12.1. The summed E-state index contributed by atoms with van der Waals surface area (Å²) in [6, 6.07) is 7.08. The van der Waals surface area contributed by atoms with Gasteiger partial charge in [-0.15, -0.1) is 11.3 Å². The Morgan fingerprint density at radius 2 is 2.00 bits per heavy atom. The highest BCUT2D eigenvalue weighted by Crippen LogP contribution is 2.28. The van der Waals surface area contributed by atoms with E-state index in [2.05, 4.69) is 14.6 Å². The van der Waals surface area contributed by atoms with Gasteiger partial charge in [0, 0.05) is 41.0 Å². The molecule has 0 saturated carbocycles. The van der Waals surface area contributed by atoms with Crippen LogP contribution in [0.1, 0.15) is 30.0 Å². The molecule has 0 spiro atoms. The van der Waals surface area contributed by atoms with Crippen LogP contribution in [-0.2, 0) is 21.4 Å². The summed E-state index contributed by atoms with van der Waals surface area (Å²) in [7, 11) is -3.88. The fraction of sp³-hybridized carbons (Fsp3) is 0.333. The Hall–Kier alpha value is -2.57.